The molecule has 2 saturated heterocycles. The molecule has 10 nitrogen and oxygen atoms in total. The van der Waals surface area contributed by atoms with Crippen LogP contribution in [0.1, 0.15) is 44.7 Å². The minimum Gasteiger partial charge on any atom is -0.507 e. The lowest BCUT2D eigenvalue weighted by Crippen LogP contribution is -2.57. The van der Waals surface area contributed by atoms with Gasteiger partial charge in [-0.3, -0.25) is 9.59 Å². The number of likely N-dealkylation sites (tertiary alicyclic amines) is 2. The number of aromatic nitrogens is 1. The number of benzene rings is 2. The number of nitrogens with one attached hydrogen (secondary N) is 3. The van der Waals surface area contributed by atoms with Gasteiger partial charge < -0.3 is 30.7 Å². The zero-order valence-corrected chi connectivity index (χ0v) is 19.9. The standard InChI is InChI=1S/C26H29N5O5/c32-16-3-4-17(33)19-18(16)25(34)20-21(26(19)35)24(29-8-14-31(36)12-2-13-31)23-15(5-6-27-23)22(20)28-7-11-30-9-1-10-30/h3-6,36H,1-2,7-14H2,(H4-,27,28,29,32,33,34,35)/p+1. The fraction of sp³-hybridized carbons (Fsp3) is 0.385. The molecule has 188 valence electrons. The van der Waals surface area contributed by atoms with Gasteiger partial charge in [-0.2, -0.15) is 4.65 Å². The molecule has 0 unspecified atom stereocenters. The van der Waals surface area contributed by atoms with E-state index in [0.717, 1.165) is 31.4 Å². The van der Waals surface area contributed by atoms with Crippen LogP contribution in [0.5, 0.6) is 11.5 Å². The number of H-pyrrole nitrogens is 1. The van der Waals surface area contributed by atoms with Gasteiger partial charge in [-0.15, -0.1) is 0 Å². The second kappa shape index (κ2) is 8.51. The number of phenols is 2. The van der Waals surface area contributed by atoms with Crippen LogP contribution >= 0.6 is 0 Å². The zero-order valence-electron chi connectivity index (χ0n) is 19.9. The summed E-state index contributed by atoms with van der Waals surface area (Å²) in [5.74, 6) is -1.74. The number of hydrogen-bond acceptors (Lipinski definition) is 8. The fourth-order valence-corrected chi connectivity index (χ4v) is 5.48. The number of rotatable bonds is 8. The van der Waals surface area contributed by atoms with Gasteiger partial charge in [0.1, 0.15) is 31.1 Å². The fourth-order valence-electron chi connectivity index (χ4n) is 5.48. The van der Waals surface area contributed by atoms with Crippen molar-refractivity contribution in [1.29, 1.82) is 0 Å². The number of aromatic hydroxyl groups is 2. The Balaban J connectivity index is 1.47. The lowest BCUT2D eigenvalue weighted by atomic mass is 9.80. The van der Waals surface area contributed by atoms with E-state index in [-0.39, 0.29) is 38.4 Å². The first-order valence-corrected chi connectivity index (χ1v) is 12.5. The van der Waals surface area contributed by atoms with Crippen LogP contribution in [0.15, 0.2) is 24.4 Å². The number of hydroxylamine groups is 3. The topological polar surface area (TPSA) is 138 Å². The lowest BCUT2D eigenvalue weighted by Gasteiger charge is -2.37. The molecule has 0 saturated carbocycles. The Bertz CT molecular complexity index is 1390. The average Bonchev–Trinajstić information content (AvgIpc) is 3.29. The molecule has 3 aromatic rings. The summed E-state index contributed by atoms with van der Waals surface area (Å²) in [5.41, 5.74) is 1.62. The monoisotopic (exact) mass is 492 g/mol. The summed E-state index contributed by atoms with van der Waals surface area (Å²) in [7, 11) is 0. The molecule has 6 rings (SSSR count). The molecule has 10 heteroatoms. The normalized spacial score (nSPS) is 18.4. The SMILES string of the molecule is O=C1c2c(O)ccc(O)c2C(=O)c2c1c(NCCN1CCC1)c1cc[nH]c1c2NCC[N+]1(O)CCC1. The Morgan fingerprint density at radius 2 is 1.50 bits per heavy atom. The molecule has 0 bridgehead atoms. The number of phenolic OH excluding ortho intramolecular Hbond substituents is 2. The number of hydrogen-bond donors (Lipinski definition) is 6. The summed E-state index contributed by atoms with van der Waals surface area (Å²) >= 11 is 0. The van der Waals surface area contributed by atoms with Crippen LogP contribution in [0.2, 0.25) is 0 Å². The predicted molar refractivity (Wildman–Crippen MR) is 134 cm³/mol. The highest BCUT2D eigenvalue weighted by Crippen LogP contribution is 2.46. The Kier molecular flexibility index (Phi) is 5.40. The number of fused-ring (bicyclic) bond motifs is 3. The van der Waals surface area contributed by atoms with Gasteiger partial charge in [0.2, 0.25) is 11.6 Å². The van der Waals surface area contributed by atoms with Crippen molar-refractivity contribution in [3.05, 3.63) is 46.6 Å². The second-order valence-electron chi connectivity index (χ2n) is 9.95. The van der Waals surface area contributed by atoms with Crippen LogP contribution in [-0.2, 0) is 0 Å². The maximum absolute atomic E-state index is 13.9. The molecule has 2 fully saturated rings. The number of carbonyl (C=O) groups is 2. The Morgan fingerprint density at radius 1 is 0.861 bits per heavy atom. The molecule has 0 radical (unpaired) electrons. The molecule has 0 amide bonds. The highest BCUT2D eigenvalue weighted by molar-refractivity contribution is 6.36. The van der Waals surface area contributed by atoms with E-state index in [1.54, 1.807) is 6.20 Å². The molecule has 1 aliphatic carbocycles. The predicted octanol–water partition coefficient (Wildman–Crippen LogP) is 2.49. The summed E-state index contributed by atoms with van der Waals surface area (Å²) in [6.07, 6.45) is 3.91. The number of quaternary nitrogens is 1. The average molecular weight is 493 g/mol. The van der Waals surface area contributed by atoms with E-state index in [1.807, 2.05) is 6.07 Å². The Morgan fingerprint density at radius 3 is 2.08 bits per heavy atom. The molecular weight excluding hydrogens is 462 g/mol. The highest BCUT2D eigenvalue weighted by Gasteiger charge is 2.40. The zero-order chi connectivity index (χ0) is 25.0. The van der Waals surface area contributed by atoms with Crippen molar-refractivity contribution in [1.82, 2.24) is 9.88 Å². The van der Waals surface area contributed by atoms with Gasteiger partial charge in [0, 0.05) is 24.7 Å². The van der Waals surface area contributed by atoms with Gasteiger partial charge in [-0.05, 0) is 37.7 Å². The van der Waals surface area contributed by atoms with Gasteiger partial charge >= 0.3 is 0 Å². The highest BCUT2D eigenvalue weighted by atomic mass is 16.5. The largest absolute Gasteiger partial charge is 0.507 e. The first-order chi connectivity index (χ1) is 17.4. The number of carbonyl (C=O) groups excluding carboxylic acids is 2. The maximum atomic E-state index is 13.9. The van der Waals surface area contributed by atoms with E-state index in [9.17, 15) is 25.0 Å². The van der Waals surface area contributed by atoms with Gasteiger partial charge in [-0.1, -0.05) is 0 Å². The van der Waals surface area contributed by atoms with Crippen LogP contribution < -0.4 is 10.6 Å². The van der Waals surface area contributed by atoms with E-state index >= 15 is 0 Å². The van der Waals surface area contributed by atoms with E-state index in [2.05, 4.69) is 20.5 Å². The minimum atomic E-state index is -0.533. The van der Waals surface area contributed by atoms with E-state index in [4.69, 9.17) is 0 Å². The third-order valence-electron chi connectivity index (χ3n) is 7.74. The molecule has 1 aromatic heterocycles. The summed E-state index contributed by atoms with van der Waals surface area (Å²) in [6, 6.07) is 4.31. The van der Waals surface area contributed by atoms with E-state index < -0.39 is 11.6 Å². The molecule has 6 N–H and O–H groups in total. The number of aromatic amines is 1. The maximum Gasteiger partial charge on any atom is 0.200 e. The van der Waals surface area contributed by atoms with Crippen molar-refractivity contribution in [2.75, 3.05) is 63.0 Å². The van der Waals surface area contributed by atoms with Gasteiger partial charge in [0.25, 0.3) is 0 Å². The first-order valence-electron chi connectivity index (χ1n) is 12.5. The Hall–Kier alpha value is -3.60. The quantitative estimate of drug-likeness (QED) is 0.125. The van der Waals surface area contributed by atoms with Gasteiger partial charge in [0.05, 0.1) is 52.1 Å². The molecule has 2 aromatic carbocycles. The van der Waals surface area contributed by atoms with E-state index in [1.165, 1.54) is 18.6 Å². The lowest BCUT2D eigenvalue weighted by molar-refractivity contribution is -1.13. The third kappa shape index (κ3) is 3.52. The van der Waals surface area contributed by atoms with Crippen molar-refractivity contribution in [3.63, 3.8) is 0 Å². The molecule has 36 heavy (non-hydrogen) atoms. The Labute approximate surface area is 207 Å². The van der Waals surface area contributed by atoms with Crippen LogP contribution in [0, 0.1) is 0 Å². The molecule has 0 spiro atoms. The minimum absolute atomic E-state index is 0.0242. The van der Waals surface area contributed by atoms with Crippen molar-refractivity contribution >= 4 is 33.8 Å². The summed E-state index contributed by atoms with van der Waals surface area (Å²) < 4.78 is -0.0242. The van der Waals surface area contributed by atoms with Gasteiger partial charge in [-0.25, -0.2) is 5.21 Å². The third-order valence-corrected chi connectivity index (χ3v) is 7.74. The number of nitrogens with zero attached hydrogens (tertiary/aromatic N) is 2. The van der Waals surface area contributed by atoms with Crippen LogP contribution in [0.25, 0.3) is 10.9 Å². The number of ketones is 2. The smallest absolute Gasteiger partial charge is 0.200 e. The van der Waals surface area contributed by atoms with Gasteiger partial charge in [0.15, 0.2) is 0 Å². The summed E-state index contributed by atoms with van der Waals surface area (Å²) in [5, 5.41) is 39.0. The first kappa shape index (κ1) is 22.8. The molecule has 2 aliphatic heterocycles. The molecule has 0 atom stereocenters. The van der Waals surface area contributed by atoms with Crippen molar-refractivity contribution in [2.24, 2.45) is 0 Å². The van der Waals surface area contributed by atoms with Crippen LogP contribution in [0.4, 0.5) is 11.4 Å². The summed E-state index contributed by atoms with van der Waals surface area (Å²) in [6.45, 7) is 5.71. The molecule has 3 heterocycles. The molecule has 3 aliphatic rings. The van der Waals surface area contributed by atoms with Crippen molar-refractivity contribution in [2.45, 2.75) is 12.8 Å². The van der Waals surface area contributed by atoms with Crippen LogP contribution in [-0.4, -0.2) is 93.9 Å². The number of anilines is 2. The summed E-state index contributed by atoms with van der Waals surface area (Å²) in [4.78, 5) is 33.2. The van der Waals surface area contributed by atoms with Crippen molar-refractivity contribution < 1.29 is 29.7 Å². The second-order valence-corrected chi connectivity index (χ2v) is 9.95. The van der Waals surface area contributed by atoms with E-state index in [0.29, 0.717) is 49.6 Å². The van der Waals surface area contributed by atoms with Crippen molar-refractivity contribution in [3.8, 4) is 11.5 Å². The van der Waals surface area contributed by atoms with Crippen LogP contribution in [0.3, 0.4) is 0 Å². The molecular formula is C26H30N5O5+.